The Morgan fingerprint density at radius 3 is 2.80 bits per heavy atom. The monoisotopic (exact) mass is 336 g/mol. The smallest absolute Gasteiger partial charge is 0.275 e. The van der Waals surface area contributed by atoms with Crippen LogP contribution in [0.4, 0.5) is 5.69 Å². The molecular weight excluding hydrogens is 320 g/mol. The lowest BCUT2D eigenvalue weighted by Crippen LogP contribution is -2.17. The highest BCUT2D eigenvalue weighted by molar-refractivity contribution is 6.13. The molecule has 6 heteroatoms. The lowest BCUT2D eigenvalue weighted by Gasteiger charge is -2.19. The highest BCUT2D eigenvalue weighted by atomic mass is 16.6. The molecule has 0 saturated heterocycles. The number of aromatic nitrogens is 1. The first-order valence-corrected chi connectivity index (χ1v) is 7.89. The van der Waals surface area contributed by atoms with E-state index in [1.807, 2.05) is 24.3 Å². The van der Waals surface area contributed by atoms with Gasteiger partial charge in [0.05, 0.1) is 12.5 Å². The number of carbonyl (C=O) groups is 1. The van der Waals surface area contributed by atoms with Gasteiger partial charge in [-0.1, -0.05) is 12.1 Å². The summed E-state index contributed by atoms with van der Waals surface area (Å²) in [7, 11) is 1.57. The van der Waals surface area contributed by atoms with Gasteiger partial charge in [-0.25, -0.2) is 0 Å². The van der Waals surface area contributed by atoms with Gasteiger partial charge in [-0.3, -0.25) is 9.78 Å². The van der Waals surface area contributed by atoms with Crippen LogP contribution in [0.15, 0.2) is 48.7 Å². The number of ether oxygens (including phenoxy) is 3. The third-order valence-corrected chi connectivity index (χ3v) is 3.99. The van der Waals surface area contributed by atoms with E-state index in [9.17, 15) is 4.79 Å². The number of methoxy groups -OCH3 is 1. The molecule has 0 fully saturated rings. The molecule has 1 N–H and O–H groups in total. The van der Waals surface area contributed by atoms with Crippen molar-refractivity contribution in [3.05, 3.63) is 54.4 Å². The van der Waals surface area contributed by atoms with E-state index in [1.54, 1.807) is 31.5 Å². The quantitative estimate of drug-likeness (QED) is 0.795. The van der Waals surface area contributed by atoms with Crippen molar-refractivity contribution in [3.63, 3.8) is 0 Å². The summed E-state index contributed by atoms with van der Waals surface area (Å²) in [5.41, 5.74) is 0.924. The van der Waals surface area contributed by atoms with Crippen molar-refractivity contribution < 1.29 is 19.0 Å². The predicted octanol–water partition coefficient (Wildman–Crippen LogP) is 3.27. The number of hydrogen-bond donors (Lipinski definition) is 1. The van der Waals surface area contributed by atoms with E-state index in [0.29, 0.717) is 47.2 Å². The standard InChI is InChI=1S/C19H16N2O4/c1-23-15-4-2-3-12-7-8-20-18(17(12)15)19(22)21-13-5-6-14-16(11-13)25-10-9-24-14/h2-8,11H,9-10H2,1H3,(H,21,22). The Morgan fingerprint density at radius 1 is 1.12 bits per heavy atom. The van der Waals surface area contributed by atoms with Crippen LogP contribution in [0.1, 0.15) is 10.5 Å². The lowest BCUT2D eigenvalue weighted by molar-refractivity contribution is 0.102. The number of rotatable bonds is 3. The van der Waals surface area contributed by atoms with E-state index in [2.05, 4.69) is 10.3 Å². The Balaban J connectivity index is 1.69. The van der Waals surface area contributed by atoms with Gasteiger partial charge in [-0.05, 0) is 29.7 Å². The second-order valence-electron chi connectivity index (χ2n) is 5.53. The number of carbonyl (C=O) groups excluding carboxylic acids is 1. The van der Waals surface area contributed by atoms with Crippen molar-refractivity contribution in [1.82, 2.24) is 4.98 Å². The van der Waals surface area contributed by atoms with Crippen LogP contribution < -0.4 is 19.5 Å². The highest BCUT2D eigenvalue weighted by Crippen LogP contribution is 2.33. The van der Waals surface area contributed by atoms with Gasteiger partial charge in [-0.2, -0.15) is 0 Å². The molecule has 1 amide bonds. The fraction of sp³-hybridized carbons (Fsp3) is 0.158. The minimum Gasteiger partial charge on any atom is -0.496 e. The summed E-state index contributed by atoms with van der Waals surface area (Å²) >= 11 is 0. The van der Waals surface area contributed by atoms with Crippen molar-refractivity contribution >= 4 is 22.4 Å². The Morgan fingerprint density at radius 2 is 1.96 bits per heavy atom. The summed E-state index contributed by atoms with van der Waals surface area (Å²) in [6, 6.07) is 12.7. The van der Waals surface area contributed by atoms with Crippen LogP contribution in [0.25, 0.3) is 10.8 Å². The van der Waals surface area contributed by atoms with Crippen molar-refractivity contribution in [1.29, 1.82) is 0 Å². The number of anilines is 1. The minimum atomic E-state index is -0.313. The normalized spacial score (nSPS) is 12.7. The molecule has 0 radical (unpaired) electrons. The van der Waals surface area contributed by atoms with E-state index >= 15 is 0 Å². The van der Waals surface area contributed by atoms with Crippen molar-refractivity contribution in [2.75, 3.05) is 25.6 Å². The number of fused-ring (bicyclic) bond motifs is 2. The van der Waals surface area contributed by atoms with Crippen molar-refractivity contribution in [2.24, 2.45) is 0 Å². The molecule has 0 bridgehead atoms. The number of pyridine rings is 1. The molecule has 4 rings (SSSR count). The summed E-state index contributed by atoms with van der Waals surface area (Å²) < 4.78 is 16.4. The Kier molecular flexibility index (Phi) is 3.85. The second-order valence-corrected chi connectivity index (χ2v) is 5.53. The molecule has 6 nitrogen and oxygen atoms in total. The molecule has 0 unspecified atom stereocenters. The maximum absolute atomic E-state index is 12.8. The largest absolute Gasteiger partial charge is 0.496 e. The lowest BCUT2D eigenvalue weighted by atomic mass is 10.1. The van der Waals surface area contributed by atoms with Crippen LogP contribution in [0, 0.1) is 0 Å². The molecule has 1 aliphatic rings. The predicted molar refractivity (Wildman–Crippen MR) is 93.7 cm³/mol. The van der Waals surface area contributed by atoms with E-state index in [-0.39, 0.29) is 5.91 Å². The van der Waals surface area contributed by atoms with Gasteiger partial charge in [0.25, 0.3) is 5.91 Å². The fourth-order valence-corrected chi connectivity index (χ4v) is 2.85. The molecule has 1 aromatic heterocycles. The first kappa shape index (κ1) is 15.3. The maximum Gasteiger partial charge on any atom is 0.275 e. The topological polar surface area (TPSA) is 69.7 Å². The zero-order chi connectivity index (χ0) is 17.2. The van der Waals surface area contributed by atoms with E-state index < -0.39 is 0 Å². The molecule has 3 aromatic rings. The molecule has 0 aliphatic carbocycles. The van der Waals surface area contributed by atoms with Gasteiger partial charge in [0.2, 0.25) is 0 Å². The van der Waals surface area contributed by atoms with Gasteiger partial charge in [0, 0.05) is 18.0 Å². The third-order valence-electron chi connectivity index (χ3n) is 3.99. The van der Waals surface area contributed by atoms with Crippen LogP contribution in [0.3, 0.4) is 0 Å². The zero-order valence-corrected chi connectivity index (χ0v) is 13.6. The SMILES string of the molecule is COc1cccc2ccnc(C(=O)Nc3ccc4c(c3)OCCO4)c12. The van der Waals surface area contributed by atoms with E-state index in [4.69, 9.17) is 14.2 Å². The number of hydrogen-bond acceptors (Lipinski definition) is 5. The minimum absolute atomic E-state index is 0.310. The molecule has 2 aromatic carbocycles. The van der Waals surface area contributed by atoms with Crippen LogP contribution in [-0.4, -0.2) is 31.2 Å². The average Bonchev–Trinajstić information content (AvgIpc) is 2.66. The molecule has 2 heterocycles. The number of nitrogens with zero attached hydrogens (tertiary/aromatic N) is 1. The molecular formula is C19H16N2O4. The Bertz CT molecular complexity index is 950. The van der Waals surface area contributed by atoms with E-state index in [0.717, 1.165) is 5.39 Å². The Hall–Kier alpha value is -3.28. The first-order valence-electron chi connectivity index (χ1n) is 7.89. The van der Waals surface area contributed by atoms with Gasteiger partial charge in [-0.15, -0.1) is 0 Å². The van der Waals surface area contributed by atoms with E-state index in [1.165, 1.54) is 0 Å². The summed E-state index contributed by atoms with van der Waals surface area (Å²) in [6.45, 7) is 1.02. The van der Waals surface area contributed by atoms with Gasteiger partial charge in [0.1, 0.15) is 24.7 Å². The van der Waals surface area contributed by atoms with Crippen molar-refractivity contribution in [2.45, 2.75) is 0 Å². The van der Waals surface area contributed by atoms with Crippen LogP contribution in [0.5, 0.6) is 17.2 Å². The van der Waals surface area contributed by atoms with Crippen LogP contribution in [-0.2, 0) is 0 Å². The van der Waals surface area contributed by atoms with Gasteiger partial charge < -0.3 is 19.5 Å². The molecule has 0 saturated carbocycles. The first-order chi connectivity index (χ1) is 12.3. The summed E-state index contributed by atoms with van der Waals surface area (Å²) in [5.74, 6) is 1.59. The molecule has 25 heavy (non-hydrogen) atoms. The zero-order valence-electron chi connectivity index (χ0n) is 13.6. The van der Waals surface area contributed by atoms with Gasteiger partial charge in [0.15, 0.2) is 11.5 Å². The van der Waals surface area contributed by atoms with Gasteiger partial charge >= 0.3 is 0 Å². The van der Waals surface area contributed by atoms with Crippen LogP contribution in [0.2, 0.25) is 0 Å². The summed E-state index contributed by atoms with van der Waals surface area (Å²) in [5, 5.41) is 4.43. The average molecular weight is 336 g/mol. The molecule has 0 atom stereocenters. The van der Waals surface area contributed by atoms with Crippen LogP contribution >= 0.6 is 0 Å². The summed E-state index contributed by atoms with van der Waals surface area (Å²) in [6.07, 6.45) is 1.61. The molecule has 0 spiro atoms. The molecule has 1 aliphatic heterocycles. The highest BCUT2D eigenvalue weighted by Gasteiger charge is 2.17. The number of amides is 1. The van der Waals surface area contributed by atoms with Crippen molar-refractivity contribution in [3.8, 4) is 17.2 Å². The number of nitrogens with one attached hydrogen (secondary N) is 1. The fourth-order valence-electron chi connectivity index (χ4n) is 2.85. The summed E-state index contributed by atoms with van der Waals surface area (Å²) in [4.78, 5) is 17.0. The maximum atomic E-state index is 12.8. The third kappa shape index (κ3) is 2.82. The number of benzene rings is 2. The Labute approximate surface area is 144 Å². The second kappa shape index (κ2) is 6.32. The molecule has 126 valence electrons.